The summed E-state index contributed by atoms with van der Waals surface area (Å²) in [6.45, 7) is 9.70. The highest BCUT2D eigenvalue weighted by molar-refractivity contribution is 5.79. The molecule has 0 aliphatic rings. The smallest absolute Gasteiger partial charge is 0.213 e. The lowest BCUT2D eigenvalue weighted by atomic mass is 9.85. The predicted octanol–water partition coefficient (Wildman–Crippen LogP) is 3.14. The van der Waals surface area contributed by atoms with E-state index in [2.05, 4.69) is 65.6 Å². The molecule has 0 aliphatic carbocycles. The number of nitrogens with zero attached hydrogens (tertiary/aromatic N) is 2. The van der Waals surface area contributed by atoms with E-state index in [1.807, 2.05) is 18.2 Å². The lowest BCUT2D eigenvalue weighted by Gasteiger charge is -2.26. The largest absolute Gasteiger partial charge is 0.475 e. The van der Waals surface area contributed by atoms with Gasteiger partial charge in [-0.15, -0.1) is 0 Å². The minimum absolute atomic E-state index is 0.000196. The number of methoxy groups -OCH3 is 1. The summed E-state index contributed by atoms with van der Waals surface area (Å²) < 4.78 is 10.5. The van der Waals surface area contributed by atoms with Crippen LogP contribution in [-0.4, -0.2) is 44.4 Å². The molecule has 0 spiro atoms. The van der Waals surface area contributed by atoms with Crippen molar-refractivity contribution in [3.05, 3.63) is 59.8 Å². The Bertz CT molecular complexity index is 715. The molecule has 0 aliphatic heterocycles. The maximum atomic E-state index is 5.49. The van der Waals surface area contributed by atoms with Crippen molar-refractivity contribution in [2.75, 3.05) is 33.4 Å². The Balaban J connectivity index is 1.92. The molecule has 152 valence electrons. The van der Waals surface area contributed by atoms with Gasteiger partial charge in [0, 0.05) is 37.9 Å². The Kier molecular flexibility index (Phi) is 8.75. The standard InChI is InChI=1S/C22H32N4O2/c1-5-23-21(26-17-22(2,3)19-9-7-6-8-10-19)25-16-18-11-12-20(24-15-18)28-14-13-27-4/h6-12,15H,5,13-14,16-17H2,1-4H3,(H2,23,25,26). The number of hydrogen-bond acceptors (Lipinski definition) is 4. The van der Waals surface area contributed by atoms with Crippen molar-refractivity contribution in [2.45, 2.75) is 32.7 Å². The van der Waals surface area contributed by atoms with Crippen molar-refractivity contribution in [1.29, 1.82) is 0 Å². The molecule has 2 aromatic rings. The van der Waals surface area contributed by atoms with Crippen LogP contribution in [0.15, 0.2) is 53.7 Å². The van der Waals surface area contributed by atoms with E-state index in [9.17, 15) is 0 Å². The van der Waals surface area contributed by atoms with Crippen LogP contribution in [0.3, 0.4) is 0 Å². The molecule has 28 heavy (non-hydrogen) atoms. The van der Waals surface area contributed by atoms with E-state index < -0.39 is 0 Å². The first-order valence-corrected chi connectivity index (χ1v) is 9.69. The first kappa shape index (κ1) is 21.7. The molecule has 0 radical (unpaired) electrons. The number of hydrogen-bond donors (Lipinski definition) is 2. The average Bonchev–Trinajstić information content (AvgIpc) is 2.72. The normalized spacial score (nSPS) is 11.9. The van der Waals surface area contributed by atoms with Gasteiger partial charge < -0.3 is 20.1 Å². The number of aromatic nitrogens is 1. The Morgan fingerprint density at radius 2 is 1.86 bits per heavy atom. The molecule has 2 rings (SSSR count). The van der Waals surface area contributed by atoms with Crippen LogP contribution in [0.5, 0.6) is 5.88 Å². The number of aliphatic imine (C=N–C) groups is 1. The molecule has 0 saturated heterocycles. The zero-order chi connectivity index (χ0) is 20.2. The van der Waals surface area contributed by atoms with E-state index >= 15 is 0 Å². The summed E-state index contributed by atoms with van der Waals surface area (Å²) >= 11 is 0. The number of benzene rings is 1. The number of pyridine rings is 1. The van der Waals surface area contributed by atoms with Gasteiger partial charge in [0.2, 0.25) is 5.88 Å². The van der Waals surface area contributed by atoms with Crippen LogP contribution < -0.4 is 15.4 Å². The zero-order valence-electron chi connectivity index (χ0n) is 17.4. The monoisotopic (exact) mass is 384 g/mol. The number of ether oxygens (including phenoxy) is 2. The first-order chi connectivity index (χ1) is 13.5. The van der Waals surface area contributed by atoms with Crippen LogP contribution in [0.2, 0.25) is 0 Å². The van der Waals surface area contributed by atoms with Gasteiger partial charge in [0.1, 0.15) is 6.61 Å². The first-order valence-electron chi connectivity index (χ1n) is 9.69. The average molecular weight is 385 g/mol. The molecule has 6 heteroatoms. The van der Waals surface area contributed by atoms with Crippen LogP contribution >= 0.6 is 0 Å². The van der Waals surface area contributed by atoms with Gasteiger partial charge in [-0.1, -0.05) is 50.2 Å². The summed E-state index contributed by atoms with van der Waals surface area (Å²) in [5.74, 6) is 1.39. The summed E-state index contributed by atoms with van der Waals surface area (Å²) in [6.07, 6.45) is 1.79. The van der Waals surface area contributed by atoms with Crippen molar-refractivity contribution >= 4 is 5.96 Å². The molecule has 6 nitrogen and oxygen atoms in total. The zero-order valence-corrected chi connectivity index (χ0v) is 17.4. The summed E-state index contributed by atoms with van der Waals surface area (Å²) in [5.41, 5.74) is 2.32. The van der Waals surface area contributed by atoms with Crippen molar-refractivity contribution in [3.63, 3.8) is 0 Å². The van der Waals surface area contributed by atoms with Crippen molar-refractivity contribution < 1.29 is 9.47 Å². The Hall–Kier alpha value is -2.60. The molecule has 0 bridgehead atoms. The Morgan fingerprint density at radius 3 is 2.50 bits per heavy atom. The summed E-state index contributed by atoms with van der Waals surface area (Å²) in [4.78, 5) is 8.99. The SMILES string of the molecule is CCNC(=NCc1ccc(OCCOC)nc1)NCC(C)(C)c1ccccc1. The third-order valence-corrected chi connectivity index (χ3v) is 4.35. The molecule has 0 fully saturated rings. The fourth-order valence-electron chi connectivity index (χ4n) is 2.63. The summed E-state index contributed by atoms with van der Waals surface area (Å²) in [6, 6.07) is 14.4. The number of rotatable bonds is 10. The van der Waals surface area contributed by atoms with Crippen LogP contribution in [0, 0.1) is 0 Å². The van der Waals surface area contributed by atoms with E-state index in [4.69, 9.17) is 9.47 Å². The third kappa shape index (κ3) is 7.19. The molecular formula is C22H32N4O2. The van der Waals surface area contributed by atoms with Crippen LogP contribution in [0.4, 0.5) is 0 Å². The molecule has 0 amide bonds. The molecule has 1 heterocycles. The summed E-state index contributed by atoms with van der Waals surface area (Å²) in [5, 5.41) is 6.76. The van der Waals surface area contributed by atoms with Crippen LogP contribution in [-0.2, 0) is 16.7 Å². The lowest BCUT2D eigenvalue weighted by molar-refractivity contribution is 0.143. The minimum atomic E-state index is 0.000196. The second-order valence-electron chi connectivity index (χ2n) is 7.14. The quantitative estimate of drug-likeness (QED) is 0.374. The van der Waals surface area contributed by atoms with Crippen LogP contribution in [0.25, 0.3) is 0 Å². The van der Waals surface area contributed by atoms with E-state index in [0.717, 1.165) is 24.6 Å². The van der Waals surface area contributed by atoms with Gasteiger partial charge in [0.15, 0.2) is 5.96 Å². The second kappa shape index (κ2) is 11.3. The predicted molar refractivity (Wildman–Crippen MR) is 114 cm³/mol. The van der Waals surface area contributed by atoms with Gasteiger partial charge >= 0.3 is 0 Å². The fraction of sp³-hybridized carbons (Fsp3) is 0.455. The van der Waals surface area contributed by atoms with E-state index in [1.165, 1.54) is 5.56 Å². The van der Waals surface area contributed by atoms with E-state index in [-0.39, 0.29) is 5.41 Å². The number of nitrogens with one attached hydrogen (secondary N) is 2. The Morgan fingerprint density at radius 1 is 1.07 bits per heavy atom. The van der Waals surface area contributed by atoms with Gasteiger partial charge in [-0.2, -0.15) is 0 Å². The van der Waals surface area contributed by atoms with E-state index in [1.54, 1.807) is 13.3 Å². The molecule has 2 N–H and O–H groups in total. The van der Waals surface area contributed by atoms with Crippen LogP contribution in [0.1, 0.15) is 31.9 Å². The third-order valence-electron chi connectivity index (χ3n) is 4.35. The van der Waals surface area contributed by atoms with Gasteiger partial charge in [0.05, 0.1) is 13.2 Å². The molecule has 1 aromatic carbocycles. The lowest BCUT2D eigenvalue weighted by Crippen LogP contribution is -2.43. The maximum absolute atomic E-state index is 5.49. The van der Waals surface area contributed by atoms with Gasteiger partial charge in [0.25, 0.3) is 0 Å². The maximum Gasteiger partial charge on any atom is 0.213 e. The van der Waals surface area contributed by atoms with Gasteiger partial charge in [-0.05, 0) is 18.1 Å². The van der Waals surface area contributed by atoms with Gasteiger partial charge in [-0.25, -0.2) is 9.98 Å². The Labute approximate surface area is 168 Å². The molecule has 0 atom stereocenters. The minimum Gasteiger partial charge on any atom is -0.475 e. The second-order valence-corrected chi connectivity index (χ2v) is 7.14. The van der Waals surface area contributed by atoms with Crippen molar-refractivity contribution in [2.24, 2.45) is 4.99 Å². The highest BCUT2D eigenvalue weighted by Crippen LogP contribution is 2.21. The van der Waals surface area contributed by atoms with Crippen molar-refractivity contribution in [3.8, 4) is 5.88 Å². The molecular weight excluding hydrogens is 352 g/mol. The number of guanidine groups is 1. The molecule has 0 unspecified atom stereocenters. The summed E-state index contributed by atoms with van der Waals surface area (Å²) in [7, 11) is 1.65. The molecule has 1 aromatic heterocycles. The highest BCUT2D eigenvalue weighted by Gasteiger charge is 2.20. The van der Waals surface area contributed by atoms with Crippen molar-refractivity contribution in [1.82, 2.24) is 15.6 Å². The fourth-order valence-corrected chi connectivity index (χ4v) is 2.63. The molecule has 0 saturated carbocycles. The van der Waals surface area contributed by atoms with E-state index in [0.29, 0.717) is 25.6 Å². The topological polar surface area (TPSA) is 67.8 Å². The van der Waals surface area contributed by atoms with Gasteiger partial charge in [-0.3, -0.25) is 0 Å². The highest BCUT2D eigenvalue weighted by atomic mass is 16.5.